The van der Waals surface area contributed by atoms with Gasteiger partial charge >= 0.3 is 0 Å². The first-order valence-electron chi connectivity index (χ1n) is 3.92. The van der Waals surface area contributed by atoms with Gasteiger partial charge in [-0.15, -0.1) is 0 Å². The van der Waals surface area contributed by atoms with E-state index in [1.54, 1.807) is 19.2 Å². The molecule has 0 saturated carbocycles. The molecule has 0 spiro atoms. The highest BCUT2D eigenvalue weighted by Crippen LogP contribution is 2.21. The molecule has 2 nitrogen and oxygen atoms in total. The van der Waals surface area contributed by atoms with Crippen LogP contribution in [0, 0.1) is 11.3 Å². The lowest BCUT2D eigenvalue weighted by molar-refractivity contribution is 1.12. The van der Waals surface area contributed by atoms with Gasteiger partial charge in [0.25, 0.3) is 0 Å². The van der Waals surface area contributed by atoms with Crippen molar-refractivity contribution in [2.24, 2.45) is 0 Å². The lowest BCUT2D eigenvalue weighted by Crippen LogP contribution is -2.05. The smallest absolute Gasteiger partial charge is 0.118 e. The Morgan fingerprint density at radius 3 is 2.43 bits per heavy atom. The third-order valence-electron chi connectivity index (χ3n) is 1.70. The summed E-state index contributed by atoms with van der Waals surface area (Å²) in [6.45, 7) is 0. The predicted molar refractivity (Wildman–Crippen MR) is 62.0 cm³/mol. The number of nitrogens with one attached hydrogen (secondary N) is 1. The first-order valence-corrected chi connectivity index (χ1v) is 5.09. The summed E-state index contributed by atoms with van der Waals surface area (Å²) < 4.78 is 0.474. The van der Waals surface area contributed by atoms with E-state index in [9.17, 15) is 0 Å². The number of hydrogen-bond acceptors (Lipinski definition) is 2. The van der Waals surface area contributed by atoms with E-state index in [4.69, 9.17) is 16.9 Å². The quantitative estimate of drug-likeness (QED) is 0.839. The normalized spacial score (nSPS) is 11.6. The molecule has 0 aromatic heterocycles. The van der Waals surface area contributed by atoms with Gasteiger partial charge in [-0.25, -0.2) is 0 Å². The molecule has 0 aliphatic rings. The molecule has 0 atom stereocenters. The number of halogens is 2. The zero-order valence-electron chi connectivity index (χ0n) is 7.51. The van der Waals surface area contributed by atoms with Crippen LogP contribution in [0.25, 0.3) is 5.70 Å². The largest absolute Gasteiger partial charge is 0.386 e. The van der Waals surface area contributed by atoms with Crippen LogP contribution in [0.1, 0.15) is 5.56 Å². The molecule has 0 saturated heterocycles. The fraction of sp³-hybridized carbons (Fsp3) is 0.100. The van der Waals surface area contributed by atoms with Gasteiger partial charge in [0.15, 0.2) is 0 Å². The van der Waals surface area contributed by atoms with E-state index < -0.39 is 0 Å². The average molecular weight is 272 g/mol. The maximum absolute atomic E-state index is 8.73. The van der Waals surface area contributed by atoms with Crippen LogP contribution in [0.5, 0.6) is 0 Å². The maximum atomic E-state index is 8.73. The number of hydrogen-bond donors (Lipinski definition) is 1. The average Bonchev–Trinajstić information content (AvgIpc) is 2.21. The molecular formula is C10H8BrClN2. The molecule has 0 bridgehead atoms. The molecule has 0 aliphatic heterocycles. The minimum Gasteiger partial charge on any atom is -0.386 e. The van der Waals surface area contributed by atoms with Crippen LogP contribution in [0.4, 0.5) is 0 Å². The molecule has 0 heterocycles. The van der Waals surface area contributed by atoms with Crippen molar-refractivity contribution < 1.29 is 0 Å². The van der Waals surface area contributed by atoms with E-state index in [0.717, 1.165) is 11.3 Å². The molecule has 72 valence electrons. The fourth-order valence-electron chi connectivity index (χ4n) is 1.05. The molecule has 1 aromatic carbocycles. The summed E-state index contributed by atoms with van der Waals surface area (Å²) in [4.78, 5) is 0. The molecular weight excluding hydrogens is 263 g/mol. The lowest BCUT2D eigenvalue weighted by Gasteiger charge is -2.06. The molecule has 0 aliphatic carbocycles. The summed E-state index contributed by atoms with van der Waals surface area (Å²) in [5.41, 5.74) is 1.68. The molecule has 1 aromatic rings. The van der Waals surface area contributed by atoms with Crippen molar-refractivity contribution in [1.82, 2.24) is 5.32 Å². The van der Waals surface area contributed by atoms with Gasteiger partial charge in [0.05, 0.1) is 5.70 Å². The van der Waals surface area contributed by atoms with Crippen molar-refractivity contribution in [2.75, 3.05) is 7.05 Å². The highest BCUT2D eigenvalue weighted by Gasteiger charge is 2.04. The van der Waals surface area contributed by atoms with Crippen molar-refractivity contribution in [3.05, 3.63) is 39.3 Å². The minimum absolute atomic E-state index is 0.474. The van der Waals surface area contributed by atoms with Gasteiger partial charge in [-0.05, 0) is 33.6 Å². The van der Waals surface area contributed by atoms with E-state index in [0.29, 0.717) is 9.51 Å². The van der Waals surface area contributed by atoms with Crippen molar-refractivity contribution in [2.45, 2.75) is 0 Å². The Morgan fingerprint density at radius 1 is 1.43 bits per heavy atom. The van der Waals surface area contributed by atoms with Gasteiger partial charge in [-0.2, -0.15) is 5.26 Å². The summed E-state index contributed by atoms with van der Waals surface area (Å²) in [6.07, 6.45) is 0. The van der Waals surface area contributed by atoms with Crippen LogP contribution < -0.4 is 5.32 Å². The minimum atomic E-state index is 0.474. The monoisotopic (exact) mass is 270 g/mol. The van der Waals surface area contributed by atoms with Crippen LogP contribution >= 0.6 is 27.5 Å². The second kappa shape index (κ2) is 5.04. The van der Waals surface area contributed by atoms with Gasteiger partial charge in [-0.3, -0.25) is 0 Å². The van der Waals surface area contributed by atoms with E-state index in [1.165, 1.54) is 0 Å². The van der Waals surface area contributed by atoms with Crippen LogP contribution in [-0.4, -0.2) is 7.05 Å². The number of nitriles is 1. The Balaban J connectivity index is 3.16. The first kappa shape index (κ1) is 11.1. The molecule has 14 heavy (non-hydrogen) atoms. The third-order valence-corrected chi connectivity index (χ3v) is 2.53. The topological polar surface area (TPSA) is 35.8 Å². The number of nitrogens with zero attached hydrogens (tertiary/aromatic N) is 1. The highest BCUT2D eigenvalue weighted by molar-refractivity contribution is 9.12. The van der Waals surface area contributed by atoms with Crippen molar-refractivity contribution in [1.29, 1.82) is 5.26 Å². The maximum Gasteiger partial charge on any atom is 0.118 e. The summed E-state index contributed by atoms with van der Waals surface area (Å²) in [5, 5.41) is 12.4. The second-order valence-electron chi connectivity index (χ2n) is 2.56. The van der Waals surface area contributed by atoms with Gasteiger partial charge < -0.3 is 5.32 Å². The van der Waals surface area contributed by atoms with Gasteiger partial charge in [0, 0.05) is 12.1 Å². The van der Waals surface area contributed by atoms with Crippen LogP contribution in [0.3, 0.4) is 0 Å². The molecule has 0 amide bonds. The molecule has 4 heteroatoms. The first-order chi connectivity index (χ1) is 6.69. The van der Waals surface area contributed by atoms with E-state index in [-0.39, 0.29) is 0 Å². The van der Waals surface area contributed by atoms with Crippen LogP contribution in [-0.2, 0) is 0 Å². The molecule has 0 fully saturated rings. The summed E-state index contributed by atoms with van der Waals surface area (Å²) in [6, 6.07) is 9.30. The SMILES string of the molecule is CN/C(=C(/Br)C#N)c1ccc(Cl)cc1. The van der Waals surface area contributed by atoms with Gasteiger partial charge in [-0.1, -0.05) is 23.7 Å². The number of allylic oxidation sites excluding steroid dienone is 1. The zero-order chi connectivity index (χ0) is 10.6. The van der Waals surface area contributed by atoms with Crippen molar-refractivity contribution in [3.8, 4) is 6.07 Å². The van der Waals surface area contributed by atoms with Crippen molar-refractivity contribution >= 4 is 33.2 Å². The Hall–Kier alpha value is -0.980. The molecule has 1 N–H and O–H groups in total. The third kappa shape index (κ3) is 2.50. The lowest BCUT2D eigenvalue weighted by atomic mass is 10.1. The molecule has 0 unspecified atom stereocenters. The summed E-state index contributed by atoms with van der Waals surface area (Å²) >= 11 is 8.94. The number of rotatable bonds is 2. The Morgan fingerprint density at radius 2 is 2.00 bits per heavy atom. The number of benzene rings is 1. The zero-order valence-corrected chi connectivity index (χ0v) is 9.85. The van der Waals surface area contributed by atoms with Crippen molar-refractivity contribution in [3.63, 3.8) is 0 Å². The summed E-state index contributed by atoms with van der Waals surface area (Å²) in [5.74, 6) is 0. The summed E-state index contributed by atoms with van der Waals surface area (Å²) in [7, 11) is 1.77. The standard InChI is InChI=1S/C10H8BrClN2/c1-14-10(9(11)6-13)7-2-4-8(12)5-3-7/h2-5,14H,1H3/b10-9+. The van der Waals surface area contributed by atoms with E-state index in [2.05, 4.69) is 21.2 Å². The predicted octanol–water partition coefficient (Wildman–Crippen LogP) is 3.15. The molecule has 0 radical (unpaired) electrons. The Labute approximate surface area is 96.3 Å². The van der Waals surface area contributed by atoms with Gasteiger partial charge in [0.1, 0.15) is 10.6 Å². The Bertz CT molecular complexity index is 390. The second-order valence-corrected chi connectivity index (χ2v) is 3.79. The molecule has 1 rings (SSSR count). The Kier molecular flexibility index (Phi) is 3.99. The van der Waals surface area contributed by atoms with Gasteiger partial charge in [0.2, 0.25) is 0 Å². The van der Waals surface area contributed by atoms with Crippen LogP contribution in [0.15, 0.2) is 28.7 Å². The van der Waals surface area contributed by atoms with E-state index in [1.807, 2.05) is 18.2 Å². The van der Waals surface area contributed by atoms with Crippen LogP contribution in [0.2, 0.25) is 5.02 Å². The highest BCUT2D eigenvalue weighted by atomic mass is 79.9. The van der Waals surface area contributed by atoms with E-state index >= 15 is 0 Å². The fourth-order valence-corrected chi connectivity index (χ4v) is 1.61.